The van der Waals surface area contributed by atoms with E-state index < -0.39 is 0 Å². The number of unbranched alkanes of at least 4 members (excludes halogenated alkanes) is 5. The summed E-state index contributed by atoms with van der Waals surface area (Å²) in [6.07, 6.45) is 11.5. The first-order valence-corrected chi connectivity index (χ1v) is 10.6. The molecule has 0 unspecified atom stereocenters. The minimum atomic E-state index is 0. The molecule has 0 aliphatic rings. The lowest BCUT2D eigenvalue weighted by atomic mass is 10.1. The van der Waals surface area contributed by atoms with Crippen LogP contribution in [0.1, 0.15) is 56.6 Å². The van der Waals surface area contributed by atoms with Gasteiger partial charge in [0.05, 0.1) is 11.6 Å². The maximum absolute atomic E-state index is 5.96. The van der Waals surface area contributed by atoms with Crippen molar-refractivity contribution in [3.8, 4) is 11.5 Å². The lowest BCUT2D eigenvalue weighted by molar-refractivity contribution is 0.282. The summed E-state index contributed by atoms with van der Waals surface area (Å²) < 4.78 is 12.4. The molecule has 1 aromatic carbocycles. The number of nitrogens with one attached hydrogen (secondary N) is 1. The van der Waals surface area contributed by atoms with Crippen LogP contribution in [-0.2, 0) is 13.2 Å². The van der Waals surface area contributed by atoms with E-state index in [0.717, 1.165) is 34.6 Å². The average Bonchev–Trinajstić information content (AvgIpc) is 2.69. The number of aromatic nitrogens is 1. The highest BCUT2D eigenvalue weighted by molar-refractivity contribution is 9.10. The van der Waals surface area contributed by atoms with Crippen LogP contribution in [0.25, 0.3) is 0 Å². The van der Waals surface area contributed by atoms with Crippen LogP contribution in [0.2, 0.25) is 0 Å². The van der Waals surface area contributed by atoms with E-state index >= 15 is 0 Å². The lowest BCUT2D eigenvalue weighted by Crippen LogP contribution is -2.14. The first-order valence-electron chi connectivity index (χ1n) is 9.83. The van der Waals surface area contributed by atoms with Crippen LogP contribution in [0.3, 0.4) is 0 Å². The van der Waals surface area contributed by atoms with Crippen LogP contribution in [0.15, 0.2) is 41.1 Å². The van der Waals surface area contributed by atoms with Gasteiger partial charge in [-0.25, -0.2) is 0 Å². The highest BCUT2D eigenvalue weighted by atomic mass is 79.9. The van der Waals surface area contributed by atoms with Crippen molar-refractivity contribution >= 4 is 28.3 Å². The van der Waals surface area contributed by atoms with Gasteiger partial charge < -0.3 is 14.8 Å². The quantitative estimate of drug-likeness (QED) is 0.348. The van der Waals surface area contributed by atoms with Gasteiger partial charge in [-0.05, 0) is 52.7 Å². The molecular formula is C22H32BrClN2O2. The first-order chi connectivity index (χ1) is 13.2. The molecule has 0 saturated heterocycles. The Balaban J connectivity index is 0.00000392. The molecule has 6 heteroatoms. The Kier molecular flexibility index (Phi) is 13.0. The number of pyridine rings is 1. The van der Waals surface area contributed by atoms with Crippen LogP contribution in [-0.4, -0.2) is 18.6 Å². The van der Waals surface area contributed by atoms with Gasteiger partial charge >= 0.3 is 0 Å². The number of rotatable bonds is 13. The molecular weight excluding hydrogens is 440 g/mol. The third-order valence-corrected chi connectivity index (χ3v) is 5.02. The van der Waals surface area contributed by atoms with Crippen molar-refractivity contribution in [3.05, 3.63) is 52.3 Å². The maximum Gasteiger partial charge on any atom is 0.175 e. The van der Waals surface area contributed by atoms with E-state index in [1.54, 1.807) is 19.5 Å². The second kappa shape index (κ2) is 14.7. The van der Waals surface area contributed by atoms with E-state index in [4.69, 9.17) is 9.47 Å². The predicted octanol–water partition coefficient (Wildman–Crippen LogP) is 6.30. The van der Waals surface area contributed by atoms with Crippen molar-refractivity contribution in [1.29, 1.82) is 0 Å². The summed E-state index contributed by atoms with van der Waals surface area (Å²) >= 11 is 3.62. The van der Waals surface area contributed by atoms with Crippen LogP contribution in [0, 0.1) is 0 Å². The van der Waals surface area contributed by atoms with E-state index in [9.17, 15) is 0 Å². The van der Waals surface area contributed by atoms with Crippen molar-refractivity contribution in [2.45, 2.75) is 58.6 Å². The SMILES string of the molecule is CCCCCCCCNCc1cc(Br)c(OCc2cccnc2)c(OC)c1.Cl. The fourth-order valence-corrected chi connectivity index (χ4v) is 3.52. The molecule has 4 nitrogen and oxygen atoms in total. The number of halogens is 2. The van der Waals surface area contributed by atoms with Gasteiger partial charge in [-0.2, -0.15) is 0 Å². The first kappa shape index (κ1) is 24.7. The molecule has 0 bridgehead atoms. The number of ether oxygens (including phenoxy) is 2. The molecule has 0 amide bonds. The monoisotopic (exact) mass is 470 g/mol. The summed E-state index contributed by atoms with van der Waals surface area (Å²) in [6, 6.07) is 8.03. The smallest absolute Gasteiger partial charge is 0.175 e. The van der Waals surface area contributed by atoms with Crippen LogP contribution in [0.5, 0.6) is 11.5 Å². The van der Waals surface area contributed by atoms with Crippen LogP contribution >= 0.6 is 28.3 Å². The zero-order valence-electron chi connectivity index (χ0n) is 16.9. The van der Waals surface area contributed by atoms with Gasteiger partial charge in [-0.3, -0.25) is 4.98 Å². The molecule has 1 N–H and O–H groups in total. The van der Waals surface area contributed by atoms with Crippen molar-refractivity contribution in [1.82, 2.24) is 10.3 Å². The highest BCUT2D eigenvalue weighted by Crippen LogP contribution is 2.37. The number of hydrogen-bond donors (Lipinski definition) is 1. The van der Waals surface area contributed by atoms with Crippen molar-refractivity contribution in [2.24, 2.45) is 0 Å². The Morgan fingerprint density at radius 1 is 1.07 bits per heavy atom. The summed E-state index contributed by atoms with van der Waals surface area (Å²) in [5, 5.41) is 3.52. The number of hydrogen-bond acceptors (Lipinski definition) is 4. The Labute approximate surface area is 184 Å². The molecule has 0 spiro atoms. The minimum absolute atomic E-state index is 0. The molecule has 0 fully saturated rings. The molecule has 1 heterocycles. The third kappa shape index (κ3) is 8.80. The zero-order valence-corrected chi connectivity index (χ0v) is 19.3. The van der Waals surface area contributed by atoms with Gasteiger partial charge in [-0.15, -0.1) is 12.4 Å². The second-order valence-electron chi connectivity index (χ2n) is 6.70. The molecule has 2 rings (SSSR count). The van der Waals surface area contributed by atoms with E-state index in [2.05, 4.69) is 39.2 Å². The van der Waals surface area contributed by atoms with Gasteiger partial charge in [0, 0.05) is 24.5 Å². The molecule has 1 aromatic heterocycles. The number of methoxy groups -OCH3 is 1. The summed E-state index contributed by atoms with van der Waals surface area (Å²) in [6.45, 7) is 4.58. The molecule has 156 valence electrons. The average molecular weight is 472 g/mol. The fourth-order valence-electron chi connectivity index (χ4n) is 2.92. The van der Waals surface area contributed by atoms with Crippen LogP contribution in [0.4, 0.5) is 0 Å². The largest absolute Gasteiger partial charge is 0.493 e. The minimum Gasteiger partial charge on any atom is -0.493 e. The molecule has 0 aliphatic carbocycles. The topological polar surface area (TPSA) is 43.4 Å². The fraction of sp³-hybridized carbons (Fsp3) is 0.500. The van der Waals surface area contributed by atoms with Gasteiger partial charge in [0.25, 0.3) is 0 Å². The van der Waals surface area contributed by atoms with Gasteiger partial charge in [0.15, 0.2) is 11.5 Å². The molecule has 2 aromatic rings. The van der Waals surface area contributed by atoms with Crippen molar-refractivity contribution in [3.63, 3.8) is 0 Å². The van der Waals surface area contributed by atoms with E-state index in [1.165, 1.54) is 44.1 Å². The summed E-state index contributed by atoms with van der Waals surface area (Å²) in [5.41, 5.74) is 2.20. The number of nitrogens with zero attached hydrogens (tertiary/aromatic N) is 1. The van der Waals surface area contributed by atoms with Crippen LogP contribution < -0.4 is 14.8 Å². The standard InChI is InChI=1S/C22H31BrN2O2.ClH/c1-3-4-5-6-7-8-11-24-16-19-13-20(23)22(21(14-19)26-2)27-17-18-10-9-12-25-15-18;/h9-10,12-15,24H,3-8,11,16-17H2,1-2H3;1H. The Hall–Kier alpha value is -1.30. The van der Waals surface area contributed by atoms with Gasteiger partial charge in [-0.1, -0.05) is 45.1 Å². The highest BCUT2D eigenvalue weighted by Gasteiger charge is 2.12. The molecule has 0 atom stereocenters. The molecule has 28 heavy (non-hydrogen) atoms. The Bertz CT molecular complexity index is 671. The molecule has 0 aliphatic heterocycles. The third-order valence-electron chi connectivity index (χ3n) is 4.43. The van der Waals surface area contributed by atoms with Crippen molar-refractivity contribution < 1.29 is 9.47 Å². The molecule has 0 saturated carbocycles. The summed E-state index contributed by atoms with van der Waals surface area (Å²) in [7, 11) is 1.67. The zero-order chi connectivity index (χ0) is 19.3. The molecule has 0 radical (unpaired) electrons. The Morgan fingerprint density at radius 3 is 2.57 bits per heavy atom. The van der Waals surface area contributed by atoms with Crippen molar-refractivity contribution in [2.75, 3.05) is 13.7 Å². The van der Waals surface area contributed by atoms with Gasteiger partial charge in [0.2, 0.25) is 0 Å². The Morgan fingerprint density at radius 2 is 1.86 bits per heavy atom. The summed E-state index contributed by atoms with van der Waals surface area (Å²) in [5.74, 6) is 1.46. The summed E-state index contributed by atoms with van der Waals surface area (Å²) in [4.78, 5) is 4.11. The van der Waals surface area contributed by atoms with E-state index in [0.29, 0.717) is 6.61 Å². The van der Waals surface area contributed by atoms with Gasteiger partial charge in [0.1, 0.15) is 6.61 Å². The second-order valence-corrected chi connectivity index (χ2v) is 7.56. The van der Waals surface area contributed by atoms with E-state index in [-0.39, 0.29) is 12.4 Å². The van der Waals surface area contributed by atoms with E-state index in [1.807, 2.05) is 18.2 Å². The normalized spacial score (nSPS) is 10.4. The number of benzene rings is 1. The maximum atomic E-state index is 5.96. The predicted molar refractivity (Wildman–Crippen MR) is 122 cm³/mol. The lowest BCUT2D eigenvalue weighted by Gasteiger charge is -2.15.